The first-order valence-corrected chi connectivity index (χ1v) is 10.2. The molecule has 0 atom stereocenters. The van der Waals surface area contributed by atoms with Crippen molar-refractivity contribution in [2.75, 3.05) is 26.2 Å². The lowest BCUT2D eigenvalue weighted by atomic mass is 10.2. The number of amides is 1. The lowest BCUT2D eigenvalue weighted by molar-refractivity contribution is 0.0696. The van der Waals surface area contributed by atoms with Crippen molar-refractivity contribution in [1.29, 1.82) is 0 Å². The third-order valence-electron chi connectivity index (χ3n) is 4.54. The summed E-state index contributed by atoms with van der Waals surface area (Å²) in [5.74, 6) is -0.0111. The molecule has 0 unspecified atom stereocenters. The van der Waals surface area contributed by atoms with Gasteiger partial charge in [0.1, 0.15) is 4.88 Å². The highest BCUT2D eigenvalue weighted by Crippen LogP contribution is 2.37. The highest BCUT2D eigenvalue weighted by molar-refractivity contribution is 7.80. The number of carbonyl (C=O) groups excluding carboxylic acids is 1. The number of piperazine rings is 1. The van der Waals surface area contributed by atoms with E-state index < -0.39 is 0 Å². The molecule has 1 N–H and O–H groups in total. The summed E-state index contributed by atoms with van der Waals surface area (Å²) in [6, 6.07) is 6.07. The monoisotopic (exact) mass is 413 g/mol. The van der Waals surface area contributed by atoms with Gasteiger partial charge in [0.25, 0.3) is 5.91 Å². The molecule has 4 rings (SSSR count). The highest BCUT2D eigenvalue weighted by atomic mass is 35.5. The van der Waals surface area contributed by atoms with E-state index in [1.54, 1.807) is 6.07 Å². The first-order chi connectivity index (χ1) is 12.0. The van der Waals surface area contributed by atoms with Gasteiger partial charge in [0.15, 0.2) is 5.11 Å². The van der Waals surface area contributed by atoms with Crippen molar-refractivity contribution < 1.29 is 4.79 Å². The zero-order valence-electron chi connectivity index (χ0n) is 13.4. The van der Waals surface area contributed by atoms with E-state index in [1.807, 2.05) is 17.0 Å². The van der Waals surface area contributed by atoms with Gasteiger partial charge in [-0.3, -0.25) is 4.79 Å². The topological polar surface area (TPSA) is 35.6 Å². The summed E-state index contributed by atoms with van der Waals surface area (Å²) in [5, 5.41) is 6.22. The molecule has 1 amide bonds. The van der Waals surface area contributed by atoms with Crippen LogP contribution in [-0.4, -0.2) is 53.0 Å². The van der Waals surface area contributed by atoms with Crippen LogP contribution < -0.4 is 5.32 Å². The Morgan fingerprint density at radius 3 is 2.52 bits per heavy atom. The average molecular weight is 414 g/mol. The Hall–Kier alpha value is -1.08. The molecule has 1 aliphatic carbocycles. The van der Waals surface area contributed by atoms with E-state index in [-0.39, 0.29) is 5.91 Å². The van der Waals surface area contributed by atoms with Gasteiger partial charge in [0, 0.05) is 47.3 Å². The van der Waals surface area contributed by atoms with Crippen LogP contribution in [0.2, 0.25) is 10.0 Å². The van der Waals surface area contributed by atoms with Gasteiger partial charge in [0.2, 0.25) is 0 Å². The van der Waals surface area contributed by atoms with E-state index in [0.29, 0.717) is 34.1 Å². The minimum Gasteiger partial charge on any atom is -0.360 e. The summed E-state index contributed by atoms with van der Waals surface area (Å²) in [4.78, 5) is 17.5. The van der Waals surface area contributed by atoms with Crippen molar-refractivity contribution in [2.24, 2.45) is 0 Å². The molecule has 2 aliphatic rings. The number of carbonyl (C=O) groups is 1. The summed E-state index contributed by atoms with van der Waals surface area (Å²) in [6.07, 6.45) is 2.40. The van der Waals surface area contributed by atoms with Crippen LogP contribution in [-0.2, 0) is 0 Å². The summed E-state index contributed by atoms with van der Waals surface area (Å²) >= 11 is 19.3. The first kappa shape index (κ1) is 17.3. The van der Waals surface area contributed by atoms with Gasteiger partial charge in [-0.1, -0.05) is 29.3 Å². The lowest BCUT2D eigenvalue weighted by Gasteiger charge is -2.36. The molecule has 1 aliphatic heterocycles. The Morgan fingerprint density at radius 1 is 1.16 bits per heavy atom. The van der Waals surface area contributed by atoms with Gasteiger partial charge >= 0.3 is 0 Å². The summed E-state index contributed by atoms with van der Waals surface area (Å²) in [5.41, 5.74) is 0. The fraction of sp³-hybridized carbons (Fsp3) is 0.412. The van der Waals surface area contributed by atoms with E-state index in [4.69, 9.17) is 35.4 Å². The van der Waals surface area contributed by atoms with Gasteiger partial charge in [-0.25, -0.2) is 0 Å². The van der Waals surface area contributed by atoms with E-state index >= 15 is 0 Å². The maximum atomic E-state index is 12.9. The number of hydrogen-bond donors (Lipinski definition) is 1. The Balaban J connectivity index is 1.45. The number of rotatable bonds is 2. The van der Waals surface area contributed by atoms with Gasteiger partial charge in [-0.05, 0) is 37.2 Å². The number of thiocarbonyl (C=S) groups is 1. The smallest absolute Gasteiger partial charge is 0.265 e. The minimum atomic E-state index is -0.0111. The molecule has 4 nitrogen and oxygen atoms in total. The first-order valence-electron chi connectivity index (χ1n) is 8.25. The number of halogens is 2. The van der Waals surface area contributed by atoms with E-state index in [0.717, 1.165) is 28.3 Å². The van der Waals surface area contributed by atoms with Crippen LogP contribution in [0.3, 0.4) is 0 Å². The third-order valence-corrected chi connectivity index (χ3v) is 6.80. The third kappa shape index (κ3) is 3.58. The molecule has 1 saturated carbocycles. The summed E-state index contributed by atoms with van der Waals surface area (Å²) in [7, 11) is 0. The summed E-state index contributed by atoms with van der Waals surface area (Å²) in [6.45, 7) is 2.80. The molecule has 0 radical (unpaired) electrons. The van der Waals surface area contributed by atoms with Crippen LogP contribution in [0.25, 0.3) is 10.1 Å². The van der Waals surface area contributed by atoms with Crippen molar-refractivity contribution in [3.05, 3.63) is 33.1 Å². The number of hydrogen-bond acceptors (Lipinski definition) is 3. The standard InChI is InChI=1S/C17H17Cl2N3OS2/c18-10-1-4-12-13(9-10)25-15(14(12)19)16(23)21-5-7-22(8-6-21)17(24)20-11-2-3-11/h1,4,9,11H,2-3,5-8H2,(H,20,24). The number of fused-ring (bicyclic) bond motifs is 1. The molecule has 0 spiro atoms. The molecule has 0 bridgehead atoms. The molecule has 8 heteroatoms. The molecule has 1 aromatic carbocycles. The molecule has 1 aromatic heterocycles. The molecule has 1 saturated heterocycles. The fourth-order valence-electron chi connectivity index (χ4n) is 2.93. The van der Waals surface area contributed by atoms with Gasteiger partial charge < -0.3 is 15.1 Å². The van der Waals surface area contributed by atoms with Gasteiger partial charge in [-0.15, -0.1) is 11.3 Å². The minimum absolute atomic E-state index is 0.0111. The zero-order chi connectivity index (χ0) is 17.6. The Kier molecular flexibility index (Phi) is 4.79. The maximum Gasteiger partial charge on any atom is 0.265 e. The Morgan fingerprint density at radius 2 is 1.84 bits per heavy atom. The fourth-order valence-corrected chi connectivity index (χ4v) is 5.03. The summed E-state index contributed by atoms with van der Waals surface area (Å²) < 4.78 is 0.939. The SMILES string of the molecule is O=C(c1sc2cc(Cl)ccc2c1Cl)N1CCN(C(=S)NC2CC2)CC1. The lowest BCUT2D eigenvalue weighted by Crippen LogP contribution is -2.53. The van der Waals surface area contributed by atoms with Crippen LogP contribution in [0.1, 0.15) is 22.5 Å². The van der Waals surface area contributed by atoms with Crippen molar-refractivity contribution >= 4 is 67.9 Å². The average Bonchev–Trinajstić information content (AvgIpc) is 3.37. The van der Waals surface area contributed by atoms with E-state index in [9.17, 15) is 4.79 Å². The van der Waals surface area contributed by atoms with Crippen LogP contribution >= 0.6 is 46.8 Å². The highest BCUT2D eigenvalue weighted by Gasteiger charge is 2.29. The number of thiophene rings is 1. The largest absolute Gasteiger partial charge is 0.360 e. The van der Waals surface area contributed by atoms with Crippen LogP contribution in [0.15, 0.2) is 18.2 Å². The van der Waals surface area contributed by atoms with Crippen LogP contribution in [0.5, 0.6) is 0 Å². The molecule has 2 fully saturated rings. The predicted molar refractivity (Wildman–Crippen MR) is 108 cm³/mol. The van der Waals surface area contributed by atoms with Crippen molar-refractivity contribution in [3.8, 4) is 0 Å². The number of nitrogens with one attached hydrogen (secondary N) is 1. The van der Waals surface area contributed by atoms with Gasteiger partial charge in [-0.2, -0.15) is 0 Å². The molecule has 2 aromatic rings. The second kappa shape index (κ2) is 6.91. The van der Waals surface area contributed by atoms with Crippen LogP contribution in [0, 0.1) is 0 Å². The second-order valence-corrected chi connectivity index (χ2v) is 8.64. The molecular formula is C17H17Cl2N3OS2. The number of nitrogens with zero attached hydrogens (tertiary/aromatic N) is 2. The maximum absolute atomic E-state index is 12.9. The Bertz CT molecular complexity index is 842. The quantitative estimate of drug-likeness (QED) is 0.754. The molecule has 132 valence electrons. The molecule has 25 heavy (non-hydrogen) atoms. The van der Waals surface area contributed by atoms with Crippen molar-refractivity contribution in [2.45, 2.75) is 18.9 Å². The zero-order valence-corrected chi connectivity index (χ0v) is 16.6. The van der Waals surface area contributed by atoms with Gasteiger partial charge in [0.05, 0.1) is 5.02 Å². The predicted octanol–water partition coefficient (Wildman–Crippen LogP) is 4.00. The van der Waals surface area contributed by atoms with Crippen molar-refractivity contribution in [3.63, 3.8) is 0 Å². The second-order valence-electron chi connectivity index (χ2n) is 6.39. The molecular weight excluding hydrogens is 397 g/mol. The van der Waals surface area contributed by atoms with E-state index in [2.05, 4.69) is 10.2 Å². The van der Waals surface area contributed by atoms with Crippen molar-refractivity contribution in [1.82, 2.24) is 15.1 Å². The normalized spacial score (nSPS) is 17.8. The Labute approximate surface area is 165 Å². The van der Waals surface area contributed by atoms with Crippen LogP contribution in [0.4, 0.5) is 0 Å². The number of benzene rings is 1. The molecule has 2 heterocycles. The van der Waals surface area contributed by atoms with E-state index in [1.165, 1.54) is 24.2 Å².